The Kier molecular flexibility index (Phi) is 4.19. The van der Waals surface area contributed by atoms with Gasteiger partial charge in [0.2, 0.25) is 0 Å². The molecule has 0 heterocycles. The van der Waals surface area contributed by atoms with Crippen LogP contribution in [0.5, 0.6) is 0 Å². The largest absolute Gasteiger partial charge is 0.0651 e. The highest BCUT2D eigenvalue weighted by Crippen LogP contribution is 2.18. The first-order valence-corrected chi connectivity index (χ1v) is 5.78. The van der Waals surface area contributed by atoms with Crippen LogP contribution in [0.1, 0.15) is 48.9 Å². The van der Waals surface area contributed by atoms with Gasteiger partial charge in [-0.2, -0.15) is 0 Å². The van der Waals surface area contributed by atoms with Gasteiger partial charge in [-0.1, -0.05) is 38.8 Å². The topological polar surface area (TPSA) is 0 Å². The molecule has 0 atom stereocenters. The Bertz CT molecular complexity index is 297. The van der Waals surface area contributed by atoms with Gasteiger partial charge >= 0.3 is 0 Å². The van der Waals surface area contributed by atoms with Crippen molar-refractivity contribution >= 4 is 0 Å². The summed E-state index contributed by atoms with van der Waals surface area (Å²) >= 11 is 0. The summed E-state index contributed by atoms with van der Waals surface area (Å²) < 4.78 is 0. The lowest BCUT2D eigenvalue weighted by atomic mass is 9.95. The lowest BCUT2D eigenvalue weighted by Gasteiger charge is -2.11. The quantitative estimate of drug-likeness (QED) is 0.667. The van der Waals surface area contributed by atoms with Crippen LogP contribution in [0.2, 0.25) is 0 Å². The van der Waals surface area contributed by atoms with Gasteiger partial charge in [-0.05, 0) is 48.9 Å². The summed E-state index contributed by atoms with van der Waals surface area (Å²) in [5.41, 5.74) is 6.01. The van der Waals surface area contributed by atoms with E-state index in [-0.39, 0.29) is 0 Å². The Morgan fingerprint density at radius 3 is 2.14 bits per heavy atom. The SMILES string of the molecule is CCCc1cc(C)c(C)c(CCC)c1. The van der Waals surface area contributed by atoms with Crippen LogP contribution in [0, 0.1) is 13.8 Å². The first-order valence-electron chi connectivity index (χ1n) is 5.78. The van der Waals surface area contributed by atoms with Gasteiger partial charge in [-0.25, -0.2) is 0 Å². The maximum absolute atomic E-state index is 2.40. The second kappa shape index (κ2) is 5.19. The minimum atomic E-state index is 1.22. The van der Waals surface area contributed by atoms with Crippen molar-refractivity contribution in [2.45, 2.75) is 53.4 Å². The van der Waals surface area contributed by atoms with E-state index in [1.54, 1.807) is 5.56 Å². The Balaban J connectivity index is 3.01. The van der Waals surface area contributed by atoms with Crippen molar-refractivity contribution in [2.75, 3.05) is 0 Å². The number of rotatable bonds is 4. The lowest BCUT2D eigenvalue weighted by Crippen LogP contribution is -1.95. The van der Waals surface area contributed by atoms with Crippen molar-refractivity contribution in [3.63, 3.8) is 0 Å². The lowest BCUT2D eigenvalue weighted by molar-refractivity contribution is 0.884. The molecule has 78 valence electrons. The molecule has 0 saturated carbocycles. The number of hydrogen-bond acceptors (Lipinski definition) is 0. The van der Waals surface area contributed by atoms with Crippen LogP contribution >= 0.6 is 0 Å². The molecular weight excluding hydrogens is 168 g/mol. The summed E-state index contributed by atoms with van der Waals surface area (Å²) in [6.07, 6.45) is 4.94. The fraction of sp³-hybridized carbons (Fsp3) is 0.571. The zero-order valence-corrected chi connectivity index (χ0v) is 9.98. The van der Waals surface area contributed by atoms with E-state index >= 15 is 0 Å². The van der Waals surface area contributed by atoms with Crippen LogP contribution in [0.25, 0.3) is 0 Å². The molecule has 0 N–H and O–H groups in total. The van der Waals surface area contributed by atoms with Gasteiger partial charge in [0.15, 0.2) is 0 Å². The molecule has 0 radical (unpaired) electrons. The Hall–Kier alpha value is -0.780. The standard InChI is InChI=1S/C14H22/c1-5-7-13-9-11(3)12(4)14(10-13)8-6-2/h9-10H,5-8H2,1-4H3. The molecule has 0 aliphatic rings. The third-order valence-corrected chi connectivity index (χ3v) is 2.89. The van der Waals surface area contributed by atoms with Crippen molar-refractivity contribution in [1.82, 2.24) is 0 Å². The molecule has 0 saturated heterocycles. The molecule has 0 unspecified atom stereocenters. The molecule has 1 aromatic carbocycles. The van der Waals surface area contributed by atoms with Gasteiger partial charge in [0.1, 0.15) is 0 Å². The van der Waals surface area contributed by atoms with Gasteiger partial charge in [-0.3, -0.25) is 0 Å². The van der Waals surface area contributed by atoms with Crippen molar-refractivity contribution in [2.24, 2.45) is 0 Å². The summed E-state index contributed by atoms with van der Waals surface area (Å²) in [5, 5.41) is 0. The van der Waals surface area contributed by atoms with E-state index in [9.17, 15) is 0 Å². The van der Waals surface area contributed by atoms with Crippen molar-refractivity contribution in [3.05, 3.63) is 34.4 Å². The van der Waals surface area contributed by atoms with Crippen molar-refractivity contribution in [3.8, 4) is 0 Å². The molecule has 0 aliphatic carbocycles. The molecule has 1 rings (SSSR count). The van der Waals surface area contributed by atoms with Gasteiger partial charge in [-0.15, -0.1) is 0 Å². The fourth-order valence-electron chi connectivity index (χ4n) is 1.98. The number of hydrogen-bond donors (Lipinski definition) is 0. The molecule has 0 fully saturated rings. The Morgan fingerprint density at radius 2 is 1.57 bits per heavy atom. The second-order valence-corrected chi connectivity index (χ2v) is 4.20. The van der Waals surface area contributed by atoms with Gasteiger partial charge in [0.25, 0.3) is 0 Å². The summed E-state index contributed by atoms with van der Waals surface area (Å²) in [6, 6.07) is 4.74. The van der Waals surface area contributed by atoms with Crippen molar-refractivity contribution < 1.29 is 0 Å². The molecule has 0 heteroatoms. The van der Waals surface area contributed by atoms with Gasteiger partial charge in [0, 0.05) is 0 Å². The second-order valence-electron chi connectivity index (χ2n) is 4.20. The summed E-state index contributed by atoms with van der Waals surface area (Å²) in [4.78, 5) is 0. The molecule has 0 amide bonds. The van der Waals surface area contributed by atoms with Crippen LogP contribution in [-0.4, -0.2) is 0 Å². The van der Waals surface area contributed by atoms with E-state index in [1.165, 1.54) is 42.4 Å². The van der Waals surface area contributed by atoms with Gasteiger partial charge in [0.05, 0.1) is 0 Å². The number of benzene rings is 1. The third kappa shape index (κ3) is 2.60. The van der Waals surface area contributed by atoms with E-state index in [0.29, 0.717) is 0 Å². The summed E-state index contributed by atoms with van der Waals surface area (Å²) in [7, 11) is 0. The number of aryl methyl sites for hydroxylation is 3. The normalized spacial score (nSPS) is 10.6. The molecule has 0 nitrogen and oxygen atoms in total. The fourth-order valence-corrected chi connectivity index (χ4v) is 1.98. The molecule has 0 bridgehead atoms. The molecule has 0 aliphatic heterocycles. The predicted octanol–water partition coefficient (Wildman–Crippen LogP) is 4.21. The minimum Gasteiger partial charge on any atom is -0.0651 e. The Morgan fingerprint density at radius 1 is 0.929 bits per heavy atom. The van der Waals surface area contributed by atoms with Crippen LogP contribution < -0.4 is 0 Å². The van der Waals surface area contributed by atoms with E-state index in [4.69, 9.17) is 0 Å². The summed E-state index contributed by atoms with van der Waals surface area (Å²) in [5.74, 6) is 0. The third-order valence-electron chi connectivity index (χ3n) is 2.89. The zero-order chi connectivity index (χ0) is 10.6. The maximum Gasteiger partial charge on any atom is -0.0279 e. The van der Waals surface area contributed by atoms with Crippen LogP contribution in [0.4, 0.5) is 0 Å². The first-order chi connectivity index (χ1) is 6.69. The molecule has 14 heavy (non-hydrogen) atoms. The van der Waals surface area contributed by atoms with Crippen LogP contribution in [-0.2, 0) is 12.8 Å². The van der Waals surface area contributed by atoms with Crippen LogP contribution in [0.3, 0.4) is 0 Å². The average molecular weight is 190 g/mol. The smallest absolute Gasteiger partial charge is 0.0279 e. The van der Waals surface area contributed by atoms with E-state index in [0.717, 1.165) is 0 Å². The van der Waals surface area contributed by atoms with E-state index < -0.39 is 0 Å². The summed E-state index contributed by atoms with van der Waals surface area (Å²) in [6.45, 7) is 8.97. The molecule has 0 spiro atoms. The van der Waals surface area contributed by atoms with E-state index in [1.807, 2.05) is 0 Å². The maximum atomic E-state index is 2.40. The highest BCUT2D eigenvalue weighted by Gasteiger charge is 2.03. The highest BCUT2D eigenvalue weighted by molar-refractivity contribution is 5.37. The van der Waals surface area contributed by atoms with Crippen LogP contribution in [0.15, 0.2) is 12.1 Å². The highest BCUT2D eigenvalue weighted by atomic mass is 14.1. The van der Waals surface area contributed by atoms with Gasteiger partial charge < -0.3 is 0 Å². The van der Waals surface area contributed by atoms with E-state index in [2.05, 4.69) is 39.8 Å². The minimum absolute atomic E-state index is 1.22. The predicted molar refractivity (Wildman–Crippen MR) is 63.9 cm³/mol. The first kappa shape index (κ1) is 11.3. The Labute approximate surface area is 88.4 Å². The molecule has 0 aromatic heterocycles. The zero-order valence-electron chi connectivity index (χ0n) is 9.98. The molecule has 1 aromatic rings. The average Bonchev–Trinajstić information content (AvgIpc) is 2.14. The van der Waals surface area contributed by atoms with Crippen molar-refractivity contribution in [1.29, 1.82) is 0 Å². The monoisotopic (exact) mass is 190 g/mol. The molecular formula is C14H22.